The first-order chi connectivity index (χ1) is 21.5. The van der Waals surface area contributed by atoms with Gasteiger partial charge in [-0.25, -0.2) is 14.4 Å². The number of carboxylic acids is 2. The van der Waals surface area contributed by atoms with E-state index in [0.717, 1.165) is 38.5 Å². The largest absolute Gasteiger partial charge is 0.481 e. The summed E-state index contributed by atoms with van der Waals surface area (Å²) in [6.07, 6.45) is 5.79. The minimum atomic E-state index is -4.44. The minimum Gasteiger partial charge on any atom is -0.481 e. The molecule has 11 nitrogen and oxygen atoms in total. The van der Waals surface area contributed by atoms with Crippen molar-refractivity contribution >= 4 is 25.7 Å². The number of aliphatic carboxylic acids is 2. The Labute approximate surface area is 262 Å². The molecule has 3 aliphatic carbocycles. The summed E-state index contributed by atoms with van der Waals surface area (Å²) in [4.78, 5) is 44.7. The zero-order valence-electron chi connectivity index (χ0n) is 25.4. The van der Waals surface area contributed by atoms with Crippen LogP contribution in [0.25, 0.3) is 0 Å². The van der Waals surface area contributed by atoms with Crippen molar-refractivity contribution in [3.63, 3.8) is 0 Å². The number of carbonyl (C=O) groups is 3. The molecule has 0 bridgehead atoms. The first kappa shape index (κ1) is 33.3. The second-order valence-electron chi connectivity index (χ2n) is 12.7. The van der Waals surface area contributed by atoms with E-state index in [1.54, 1.807) is 12.1 Å². The van der Waals surface area contributed by atoms with Crippen molar-refractivity contribution < 1.29 is 48.1 Å². The van der Waals surface area contributed by atoms with Crippen LogP contribution in [0.3, 0.4) is 0 Å². The van der Waals surface area contributed by atoms with Gasteiger partial charge in [0.25, 0.3) is 0 Å². The van der Waals surface area contributed by atoms with Gasteiger partial charge < -0.3 is 24.6 Å². The summed E-state index contributed by atoms with van der Waals surface area (Å²) in [5, 5.41) is 20.0. The number of carboxylic acid groups (broad SMARTS) is 2. The molecule has 2 aromatic rings. The van der Waals surface area contributed by atoms with E-state index in [1.165, 1.54) is 11.1 Å². The van der Waals surface area contributed by atoms with Gasteiger partial charge >= 0.3 is 25.7 Å². The molecule has 7 atom stereocenters. The number of carbonyl (C=O) groups excluding carboxylic acids is 1. The van der Waals surface area contributed by atoms with Gasteiger partial charge in [-0.05, 0) is 110 Å². The van der Waals surface area contributed by atoms with Crippen molar-refractivity contribution in [1.82, 2.24) is 5.09 Å². The Balaban J connectivity index is 1.11. The SMILES string of the molecule is C[C@]12CC[C@@H]3c4ccc(OC(=O)c5ccccc5)cc4CC[C@H]3[C@@H]1CCC2OCCCOP(=O)(O)N[C@@H](CCC(=O)O)C(=O)O. The maximum absolute atomic E-state index is 12.6. The van der Waals surface area contributed by atoms with Gasteiger partial charge in [0.15, 0.2) is 0 Å². The molecular formula is C33H42NO10P. The van der Waals surface area contributed by atoms with Crippen molar-refractivity contribution in [3.8, 4) is 5.75 Å². The van der Waals surface area contributed by atoms with Crippen LogP contribution in [0.1, 0.15) is 85.7 Å². The molecule has 244 valence electrons. The zero-order valence-corrected chi connectivity index (χ0v) is 26.3. The molecule has 0 saturated heterocycles. The third-order valence-electron chi connectivity index (χ3n) is 9.97. The van der Waals surface area contributed by atoms with Gasteiger partial charge in [-0.2, -0.15) is 0 Å². The highest BCUT2D eigenvalue weighted by Gasteiger charge is 2.55. The monoisotopic (exact) mass is 643 g/mol. The van der Waals surface area contributed by atoms with E-state index < -0.39 is 32.1 Å². The second-order valence-corrected chi connectivity index (χ2v) is 14.2. The lowest BCUT2D eigenvalue weighted by atomic mass is 9.55. The van der Waals surface area contributed by atoms with Crippen molar-refractivity contribution in [2.45, 2.75) is 82.8 Å². The predicted octanol–water partition coefficient (Wildman–Crippen LogP) is 5.56. The van der Waals surface area contributed by atoms with Gasteiger partial charge in [-0.3, -0.25) is 14.1 Å². The lowest BCUT2D eigenvalue weighted by Gasteiger charge is -2.50. The highest BCUT2D eigenvalue weighted by atomic mass is 31.2. The standard InChI is InChI=1S/C33H42NO10P/c1-33-17-16-25-24-11-9-23(44-32(39)21-6-3-2-4-7-21)20-22(24)8-10-26(25)27(33)12-14-29(33)42-18-5-19-43-45(40,41)34-28(31(37)38)13-15-30(35)36/h2-4,6-7,9,11,20,25-29H,5,8,10,12-19H2,1H3,(H,35,36)(H,37,38)(H2,34,40,41)/t25-,26-,27+,28+,29?,33+/m1/s1. The number of hydrogen-bond donors (Lipinski definition) is 4. The first-order valence-corrected chi connectivity index (χ1v) is 17.3. The molecule has 2 fully saturated rings. The van der Waals surface area contributed by atoms with E-state index in [4.69, 9.17) is 19.1 Å². The maximum atomic E-state index is 12.6. The molecule has 0 heterocycles. The van der Waals surface area contributed by atoms with Gasteiger partial charge in [0.2, 0.25) is 0 Å². The number of benzene rings is 2. The summed E-state index contributed by atoms with van der Waals surface area (Å²) in [6, 6.07) is 13.6. The Hall–Kier alpha value is -3.08. The summed E-state index contributed by atoms with van der Waals surface area (Å²) in [5.41, 5.74) is 3.19. The zero-order chi connectivity index (χ0) is 32.2. The smallest absolute Gasteiger partial charge is 0.403 e. The average molecular weight is 644 g/mol. The van der Waals surface area contributed by atoms with E-state index in [2.05, 4.69) is 13.0 Å². The van der Waals surface area contributed by atoms with Crippen LogP contribution < -0.4 is 9.82 Å². The van der Waals surface area contributed by atoms with Crippen LogP contribution in [0.15, 0.2) is 48.5 Å². The van der Waals surface area contributed by atoms with E-state index in [1.807, 2.05) is 35.4 Å². The Kier molecular flexibility index (Phi) is 10.5. The fourth-order valence-electron chi connectivity index (χ4n) is 7.81. The number of hydrogen-bond acceptors (Lipinski definition) is 7. The molecule has 3 aliphatic rings. The molecule has 4 N–H and O–H groups in total. The van der Waals surface area contributed by atoms with Crippen LogP contribution in [0.4, 0.5) is 0 Å². The predicted molar refractivity (Wildman–Crippen MR) is 164 cm³/mol. The number of aryl methyl sites for hydroxylation is 1. The van der Waals surface area contributed by atoms with Crippen molar-refractivity contribution in [2.24, 2.45) is 17.3 Å². The minimum absolute atomic E-state index is 0.0390. The van der Waals surface area contributed by atoms with Crippen LogP contribution in [0.5, 0.6) is 5.75 Å². The van der Waals surface area contributed by atoms with Gasteiger partial charge in [-0.1, -0.05) is 31.2 Å². The molecule has 0 spiro atoms. The third-order valence-corrected chi connectivity index (χ3v) is 11.1. The number of rotatable bonds is 14. The van der Waals surface area contributed by atoms with Gasteiger partial charge in [-0.15, -0.1) is 0 Å². The maximum Gasteiger partial charge on any atom is 0.403 e. The summed E-state index contributed by atoms with van der Waals surface area (Å²) < 4.78 is 29.4. The van der Waals surface area contributed by atoms with Crippen molar-refractivity contribution in [3.05, 3.63) is 65.2 Å². The Morgan fingerprint density at radius 2 is 1.82 bits per heavy atom. The fourth-order valence-corrected chi connectivity index (χ4v) is 8.89. The normalized spacial score (nSPS) is 27.3. The number of nitrogens with one attached hydrogen (secondary N) is 1. The van der Waals surface area contributed by atoms with Crippen LogP contribution in [0.2, 0.25) is 0 Å². The summed E-state index contributed by atoms with van der Waals surface area (Å²) in [5.74, 6) is -0.851. The third kappa shape index (κ3) is 7.84. The quantitative estimate of drug-likeness (QED) is 0.0880. The Morgan fingerprint density at radius 1 is 1.04 bits per heavy atom. The number of esters is 1. The molecule has 45 heavy (non-hydrogen) atoms. The van der Waals surface area contributed by atoms with Crippen LogP contribution >= 0.6 is 7.75 Å². The highest BCUT2D eigenvalue weighted by molar-refractivity contribution is 7.50. The summed E-state index contributed by atoms with van der Waals surface area (Å²) in [7, 11) is -4.44. The van der Waals surface area contributed by atoms with E-state index in [9.17, 15) is 28.9 Å². The van der Waals surface area contributed by atoms with Crippen LogP contribution in [0, 0.1) is 17.3 Å². The van der Waals surface area contributed by atoms with E-state index in [-0.39, 0.29) is 30.5 Å². The molecule has 12 heteroatoms. The van der Waals surface area contributed by atoms with Gasteiger partial charge in [0.05, 0.1) is 18.3 Å². The topological polar surface area (TPSA) is 169 Å². The fraction of sp³-hybridized carbons (Fsp3) is 0.545. The number of fused-ring (bicyclic) bond motifs is 5. The molecular weight excluding hydrogens is 601 g/mol. The lowest BCUT2D eigenvalue weighted by Crippen LogP contribution is -2.44. The van der Waals surface area contributed by atoms with Crippen molar-refractivity contribution in [2.75, 3.05) is 13.2 Å². The average Bonchev–Trinajstić information content (AvgIpc) is 3.35. The first-order valence-electron chi connectivity index (χ1n) is 15.7. The molecule has 0 aromatic heterocycles. The Bertz CT molecular complexity index is 1430. The van der Waals surface area contributed by atoms with Crippen LogP contribution in [-0.4, -0.2) is 58.4 Å². The van der Waals surface area contributed by atoms with E-state index >= 15 is 0 Å². The van der Waals surface area contributed by atoms with Gasteiger partial charge in [0, 0.05) is 13.0 Å². The summed E-state index contributed by atoms with van der Waals surface area (Å²) >= 11 is 0. The van der Waals surface area contributed by atoms with Crippen LogP contribution in [-0.2, 0) is 29.8 Å². The molecule has 5 rings (SSSR count). The van der Waals surface area contributed by atoms with Crippen molar-refractivity contribution in [1.29, 1.82) is 0 Å². The molecule has 0 radical (unpaired) electrons. The Morgan fingerprint density at radius 3 is 2.56 bits per heavy atom. The molecule has 2 unspecified atom stereocenters. The molecule has 2 aromatic carbocycles. The number of ether oxygens (including phenoxy) is 2. The van der Waals surface area contributed by atoms with E-state index in [0.29, 0.717) is 42.1 Å². The molecule has 0 amide bonds. The van der Waals surface area contributed by atoms with Gasteiger partial charge in [0.1, 0.15) is 11.8 Å². The molecule has 0 aliphatic heterocycles. The second kappa shape index (κ2) is 14.1. The highest BCUT2D eigenvalue weighted by Crippen LogP contribution is 2.61. The lowest BCUT2D eigenvalue weighted by molar-refractivity contribution is -0.140. The summed E-state index contributed by atoms with van der Waals surface area (Å²) in [6.45, 7) is 2.57. The molecule has 2 saturated carbocycles.